The summed E-state index contributed by atoms with van der Waals surface area (Å²) in [4.78, 5) is 15.9. The van der Waals surface area contributed by atoms with Crippen molar-refractivity contribution in [3.05, 3.63) is 36.2 Å². The fraction of sp³-hybridized carbons (Fsp3) is 0.400. The number of aliphatic hydroxyl groups excluding tert-OH is 1. The van der Waals surface area contributed by atoms with Crippen LogP contribution in [0.25, 0.3) is 11.4 Å². The topological polar surface area (TPSA) is 88.2 Å². The molecule has 0 aliphatic carbocycles. The average molecular weight is 289 g/mol. The standard InChI is InChI=1S/C15H19N3O3/c1-15(2,3)12(19)8-16-14(20)11-6-4-10(5-7-11)13-17-9-21-18-13/h4-7,9,12,19H,8H2,1-3H3,(H,16,20). The lowest BCUT2D eigenvalue weighted by molar-refractivity contribution is 0.0587. The maximum Gasteiger partial charge on any atom is 0.251 e. The third-order valence-electron chi connectivity index (χ3n) is 3.22. The summed E-state index contributed by atoms with van der Waals surface area (Å²) in [6.45, 7) is 5.98. The van der Waals surface area contributed by atoms with Crippen molar-refractivity contribution in [2.75, 3.05) is 6.54 Å². The fourth-order valence-electron chi connectivity index (χ4n) is 1.67. The number of nitrogens with zero attached hydrogens (tertiary/aromatic N) is 2. The number of aliphatic hydroxyl groups is 1. The van der Waals surface area contributed by atoms with E-state index in [2.05, 4.69) is 20.0 Å². The van der Waals surface area contributed by atoms with Crippen LogP contribution in [0.3, 0.4) is 0 Å². The molecule has 6 heteroatoms. The van der Waals surface area contributed by atoms with E-state index in [0.717, 1.165) is 5.56 Å². The highest BCUT2D eigenvalue weighted by Crippen LogP contribution is 2.18. The van der Waals surface area contributed by atoms with E-state index in [9.17, 15) is 9.90 Å². The van der Waals surface area contributed by atoms with E-state index in [-0.39, 0.29) is 17.9 Å². The van der Waals surface area contributed by atoms with Gasteiger partial charge in [-0.2, -0.15) is 4.98 Å². The number of benzene rings is 1. The van der Waals surface area contributed by atoms with Gasteiger partial charge in [-0.25, -0.2) is 0 Å². The zero-order chi connectivity index (χ0) is 15.5. The third kappa shape index (κ3) is 3.88. The van der Waals surface area contributed by atoms with E-state index < -0.39 is 6.10 Å². The number of aromatic nitrogens is 2. The predicted molar refractivity (Wildman–Crippen MR) is 77.5 cm³/mol. The Morgan fingerprint density at radius 2 is 2.00 bits per heavy atom. The van der Waals surface area contributed by atoms with Gasteiger partial charge in [0.1, 0.15) is 0 Å². The molecule has 112 valence electrons. The van der Waals surface area contributed by atoms with E-state index in [4.69, 9.17) is 0 Å². The molecular weight excluding hydrogens is 270 g/mol. The van der Waals surface area contributed by atoms with Crippen LogP contribution in [-0.4, -0.2) is 33.8 Å². The number of rotatable bonds is 4. The molecule has 1 atom stereocenters. The Kier molecular flexibility index (Phi) is 4.37. The molecule has 1 aromatic heterocycles. The van der Waals surface area contributed by atoms with Gasteiger partial charge in [0, 0.05) is 17.7 Å². The van der Waals surface area contributed by atoms with Crippen molar-refractivity contribution in [1.82, 2.24) is 15.5 Å². The van der Waals surface area contributed by atoms with Gasteiger partial charge >= 0.3 is 0 Å². The summed E-state index contributed by atoms with van der Waals surface area (Å²) in [5, 5.41) is 16.4. The second-order valence-electron chi connectivity index (χ2n) is 5.92. The first kappa shape index (κ1) is 15.2. The van der Waals surface area contributed by atoms with Crippen molar-refractivity contribution >= 4 is 5.91 Å². The van der Waals surface area contributed by atoms with Crippen LogP contribution in [0.4, 0.5) is 0 Å². The molecule has 1 heterocycles. The van der Waals surface area contributed by atoms with E-state index in [1.54, 1.807) is 24.3 Å². The maximum absolute atomic E-state index is 12.0. The Labute approximate surface area is 123 Å². The van der Waals surface area contributed by atoms with Crippen molar-refractivity contribution in [1.29, 1.82) is 0 Å². The van der Waals surface area contributed by atoms with Gasteiger partial charge in [0.05, 0.1) is 6.10 Å². The molecule has 21 heavy (non-hydrogen) atoms. The van der Waals surface area contributed by atoms with E-state index in [0.29, 0.717) is 11.4 Å². The van der Waals surface area contributed by atoms with E-state index >= 15 is 0 Å². The minimum absolute atomic E-state index is 0.217. The molecule has 0 fully saturated rings. The first-order valence-corrected chi connectivity index (χ1v) is 6.71. The monoisotopic (exact) mass is 289 g/mol. The summed E-state index contributed by atoms with van der Waals surface area (Å²) in [7, 11) is 0. The summed E-state index contributed by atoms with van der Waals surface area (Å²) in [5.41, 5.74) is 1.02. The van der Waals surface area contributed by atoms with Gasteiger partial charge in [0.15, 0.2) is 0 Å². The molecule has 2 aromatic rings. The quantitative estimate of drug-likeness (QED) is 0.897. The Morgan fingerprint density at radius 1 is 1.33 bits per heavy atom. The Balaban J connectivity index is 1.97. The number of hydrogen-bond donors (Lipinski definition) is 2. The van der Waals surface area contributed by atoms with Crippen LogP contribution >= 0.6 is 0 Å². The van der Waals surface area contributed by atoms with Gasteiger partial charge in [0.25, 0.3) is 5.91 Å². The lowest BCUT2D eigenvalue weighted by Gasteiger charge is -2.25. The summed E-state index contributed by atoms with van der Waals surface area (Å²) >= 11 is 0. The van der Waals surface area contributed by atoms with Crippen LogP contribution in [0.1, 0.15) is 31.1 Å². The molecular formula is C15H19N3O3. The van der Waals surface area contributed by atoms with Gasteiger partial charge in [0.2, 0.25) is 12.2 Å². The molecule has 0 spiro atoms. The minimum atomic E-state index is -0.597. The van der Waals surface area contributed by atoms with Gasteiger partial charge in [-0.1, -0.05) is 38.1 Å². The predicted octanol–water partition coefficient (Wildman–Crippen LogP) is 1.87. The number of amides is 1. The molecule has 0 aliphatic rings. The summed E-state index contributed by atoms with van der Waals surface area (Å²) < 4.78 is 4.68. The molecule has 0 saturated heterocycles. The van der Waals surface area contributed by atoms with Gasteiger partial charge < -0.3 is 14.9 Å². The molecule has 2 rings (SSSR count). The Morgan fingerprint density at radius 3 is 2.52 bits per heavy atom. The fourth-order valence-corrected chi connectivity index (χ4v) is 1.67. The highest BCUT2D eigenvalue weighted by Gasteiger charge is 2.22. The van der Waals surface area contributed by atoms with Crippen molar-refractivity contribution in [3.8, 4) is 11.4 Å². The molecule has 0 aliphatic heterocycles. The van der Waals surface area contributed by atoms with Crippen LogP contribution in [0.5, 0.6) is 0 Å². The molecule has 1 unspecified atom stereocenters. The van der Waals surface area contributed by atoms with Crippen molar-refractivity contribution in [2.45, 2.75) is 26.9 Å². The van der Waals surface area contributed by atoms with Crippen LogP contribution in [0, 0.1) is 5.41 Å². The van der Waals surface area contributed by atoms with Crippen LogP contribution in [-0.2, 0) is 0 Å². The molecule has 0 radical (unpaired) electrons. The van der Waals surface area contributed by atoms with Crippen LogP contribution in [0.15, 0.2) is 35.2 Å². The molecule has 6 nitrogen and oxygen atoms in total. The van der Waals surface area contributed by atoms with E-state index in [1.165, 1.54) is 6.39 Å². The van der Waals surface area contributed by atoms with Crippen molar-refractivity contribution < 1.29 is 14.4 Å². The highest BCUT2D eigenvalue weighted by atomic mass is 16.5. The second kappa shape index (κ2) is 6.05. The van der Waals surface area contributed by atoms with Gasteiger partial charge in [-0.15, -0.1) is 0 Å². The zero-order valence-corrected chi connectivity index (χ0v) is 12.3. The van der Waals surface area contributed by atoms with Crippen LogP contribution < -0.4 is 5.32 Å². The Hall–Kier alpha value is -2.21. The number of carbonyl (C=O) groups is 1. The normalized spacial score (nSPS) is 13.0. The average Bonchev–Trinajstić information content (AvgIpc) is 2.97. The maximum atomic E-state index is 12.0. The highest BCUT2D eigenvalue weighted by molar-refractivity contribution is 5.94. The molecule has 0 saturated carbocycles. The Bertz CT molecular complexity index is 586. The third-order valence-corrected chi connectivity index (χ3v) is 3.22. The number of carbonyl (C=O) groups excluding carboxylic acids is 1. The van der Waals surface area contributed by atoms with Gasteiger partial charge in [-0.3, -0.25) is 4.79 Å². The first-order chi connectivity index (χ1) is 9.88. The summed E-state index contributed by atoms with van der Waals surface area (Å²) in [5.74, 6) is 0.253. The molecule has 2 N–H and O–H groups in total. The molecule has 0 bridgehead atoms. The number of hydrogen-bond acceptors (Lipinski definition) is 5. The SMILES string of the molecule is CC(C)(C)C(O)CNC(=O)c1ccc(-c2ncon2)cc1. The van der Waals surface area contributed by atoms with Crippen molar-refractivity contribution in [2.24, 2.45) is 5.41 Å². The summed E-state index contributed by atoms with van der Waals surface area (Å²) in [6, 6.07) is 6.87. The van der Waals surface area contributed by atoms with E-state index in [1.807, 2.05) is 20.8 Å². The minimum Gasteiger partial charge on any atom is -0.391 e. The van der Waals surface area contributed by atoms with Crippen LogP contribution in [0.2, 0.25) is 0 Å². The smallest absolute Gasteiger partial charge is 0.251 e. The lowest BCUT2D eigenvalue weighted by atomic mass is 9.89. The largest absolute Gasteiger partial charge is 0.391 e. The lowest BCUT2D eigenvalue weighted by Crippen LogP contribution is -2.39. The second-order valence-corrected chi connectivity index (χ2v) is 5.92. The van der Waals surface area contributed by atoms with Crippen molar-refractivity contribution in [3.63, 3.8) is 0 Å². The number of nitrogens with one attached hydrogen (secondary N) is 1. The zero-order valence-electron chi connectivity index (χ0n) is 12.3. The molecule has 1 amide bonds. The summed E-state index contributed by atoms with van der Waals surface area (Å²) in [6.07, 6.45) is 0.657. The van der Waals surface area contributed by atoms with Gasteiger partial charge in [-0.05, 0) is 17.5 Å². The molecule has 1 aromatic carbocycles. The first-order valence-electron chi connectivity index (χ1n) is 6.71.